The number of carbonyl (C=O) groups excluding carboxylic acids is 2. The van der Waals surface area contributed by atoms with Gasteiger partial charge in [-0.3, -0.25) is 4.79 Å². The third-order valence-corrected chi connectivity index (χ3v) is 3.70. The summed E-state index contributed by atoms with van der Waals surface area (Å²) < 4.78 is 28.8. The van der Waals surface area contributed by atoms with E-state index in [-0.39, 0.29) is 24.8 Å². The Labute approximate surface area is 143 Å². The van der Waals surface area contributed by atoms with Gasteiger partial charge in [-0.25, -0.2) is 9.18 Å². The third kappa shape index (κ3) is 3.71. The van der Waals surface area contributed by atoms with Crippen LogP contribution < -0.4 is 14.4 Å². The second-order valence-corrected chi connectivity index (χ2v) is 5.35. The zero-order chi connectivity index (χ0) is 17.8. The lowest BCUT2D eigenvalue weighted by atomic mass is 10.2. The number of nitrogens with zero attached hydrogens (tertiary/aromatic N) is 1. The maximum absolute atomic E-state index is 13.2. The summed E-state index contributed by atoms with van der Waals surface area (Å²) in [5, 5.41) is 0. The quantitative estimate of drug-likeness (QED) is 0.795. The zero-order valence-electron chi connectivity index (χ0n) is 13.5. The monoisotopic (exact) mass is 345 g/mol. The van der Waals surface area contributed by atoms with E-state index in [0.717, 1.165) is 0 Å². The van der Waals surface area contributed by atoms with E-state index in [9.17, 15) is 14.0 Å². The van der Waals surface area contributed by atoms with Crippen molar-refractivity contribution in [1.82, 2.24) is 0 Å². The second-order valence-electron chi connectivity index (χ2n) is 5.35. The number of ether oxygens (including phenoxy) is 3. The third-order valence-electron chi connectivity index (χ3n) is 3.70. The Hall–Kier alpha value is -3.09. The van der Waals surface area contributed by atoms with Crippen molar-refractivity contribution in [3.63, 3.8) is 0 Å². The van der Waals surface area contributed by atoms with Crippen LogP contribution in [0, 0.1) is 5.82 Å². The molecule has 0 spiro atoms. The molecule has 25 heavy (non-hydrogen) atoms. The predicted molar refractivity (Wildman–Crippen MR) is 87.1 cm³/mol. The maximum Gasteiger partial charge on any atom is 0.348 e. The van der Waals surface area contributed by atoms with E-state index in [4.69, 9.17) is 14.2 Å². The lowest BCUT2D eigenvalue weighted by Crippen LogP contribution is -2.48. The number of amides is 1. The van der Waals surface area contributed by atoms with Gasteiger partial charge in [-0.1, -0.05) is 18.2 Å². The van der Waals surface area contributed by atoms with Gasteiger partial charge in [-0.2, -0.15) is 0 Å². The van der Waals surface area contributed by atoms with Crippen LogP contribution in [0.5, 0.6) is 11.5 Å². The molecule has 0 radical (unpaired) electrons. The molecular formula is C18H16FNO5. The molecule has 0 unspecified atom stereocenters. The molecule has 6 nitrogen and oxygen atoms in total. The van der Waals surface area contributed by atoms with Crippen molar-refractivity contribution in [3.05, 3.63) is 54.3 Å². The zero-order valence-corrected chi connectivity index (χ0v) is 13.5. The molecule has 2 aromatic carbocycles. The molecule has 0 fully saturated rings. The van der Waals surface area contributed by atoms with Crippen LogP contribution in [0.3, 0.4) is 0 Å². The van der Waals surface area contributed by atoms with Crippen molar-refractivity contribution in [2.45, 2.75) is 6.10 Å². The molecule has 1 atom stereocenters. The number of esters is 1. The summed E-state index contributed by atoms with van der Waals surface area (Å²) in [6.07, 6.45) is -0.919. The van der Waals surface area contributed by atoms with Gasteiger partial charge in [0, 0.05) is 6.07 Å². The van der Waals surface area contributed by atoms with Crippen molar-refractivity contribution in [2.24, 2.45) is 0 Å². The molecule has 1 aliphatic rings. The summed E-state index contributed by atoms with van der Waals surface area (Å²) in [6.45, 7) is -0.291. The Kier molecular flexibility index (Phi) is 4.83. The van der Waals surface area contributed by atoms with Crippen molar-refractivity contribution in [2.75, 3.05) is 25.2 Å². The average molecular weight is 345 g/mol. The summed E-state index contributed by atoms with van der Waals surface area (Å²) in [7, 11) is 1.26. The van der Waals surface area contributed by atoms with Crippen LogP contribution in [-0.2, 0) is 14.3 Å². The van der Waals surface area contributed by atoms with E-state index in [1.54, 1.807) is 30.3 Å². The van der Waals surface area contributed by atoms with E-state index < -0.39 is 17.9 Å². The van der Waals surface area contributed by atoms with Crippen LogP contribution in [-0.4, -0.2) is 38.2 Å². The first kappa shape index (κ1) is 16.8. The van der Waals surface area contributed by atoms with E-state index in [1.165, 1.54) is 30.2 Å². The van der Waals surface area contributed by atoms with Gasteiger partial charge in [0.05, 0.1) is 19.3 Å². The minimum atomic E-state index is -0.919. The molecule has 0 N–H and O–H groups in total. The number of methoxy groups -OCH3 is 1. The summed E-state index contributed by atoms with van der Waals surface area (Å²) in [6, 6.07) is 12.4. The smallest absolute Gasteiger partial charge is 0.348 e. The Morgan fingerprint density at radius 3 is 2.80 bits per heavy atom. The number of rotatable bonds is 4. The minimum Gasteiger partial charge on any atom is -0.484 e. The first-order valence-electron chi connectivity index (χ1n) is 7.60. The van der Waals surface area contributed by atoms with Crippen molar-refractivity contribution < 1.29 is 28.2 Å². The average Bonchev–Trinajstić information content (AvgIpc) is 2.64. The van der Waals surface area contributed by atoms with Crippen molar-refractivity contribution in [1.29, 1.82) is 0 Å². The van der Waals surface area contributed by atoms with E-state index in [1.807, 2.05) is 0 Å². The lowest BCUT2D eigenvalue weighted by molar-refractivity contribution is -0.148. The van der Waals surface area contributed by atoms with E-state index in [0.29, 0.717) is 11.4 Å². The van der Waals surface area contributed by atoms with Gasteiger partial charge in [0.25, 0.3) is 5.91 Å². The SMILES string of the molecule is COC(=O)[C@@H]1CN(C(=O)COc2cccc(F)c2)c2ccccc2O1. The molecule has 0 saturated carbocycles. The largest absolute Gasteiger partial charge is 0.484 e. The Bertz CT molecular complexity index is 795. The number of benzene rings is 2. The topological polar surface area (TPSA) is 65.1 Å². The van der Waals surface area contributed by atoms with Crippen LogP contribution in [0.4, 0.5) is 10.1 Å². The molecule has 1 heterocycles. The first-order chi connectivity index (χ1) is 12.1. The van der Waals surface area contributed by atoms with Gasteiger partial charge in [-0.15, -0.1) is 0 Å². The number of hydrogen-bond donors (Lipinski definition) is 0. The predicted octanol–water partition coefficient (Wildman–Crippen LogP) is 2.17. The van der Waals surface area contributed by atoms with Crippen LogP contribution in [0.15, 0.2) is 48.5 Å². The number of para-hydroxylation sites is 2. The number of halogens is 1. The van der Waals surface area contributed by atoms with Crippen molar-refractivity contribution >= 4 is 17.6 Å². The fraction of sp³-hybridized carbons (Fsp3) is 0.222. The van der Waals surface area contributed by atoms with Gasteiger partial charge in [-0.05, 0) is 24.3 Å². The highest BCUT2D eigenvalue weighted by molar-refractivity contribution is 5.97. The van der Waals surface area contributed by atoms with E-state index >= 15 is 0 Å². The highest BCUT2D eigenvalue weighted by atomic mass is 19.1. The highest BCUT2D eigenvalue weighted by Crippen LogP contribution is 2.33. The molecule has 2 aromatic rings. The molecule has 0 bridgehead atoms. The molecular weight excluding hydrogens is 329 g/mol. The lowest BCUT2D eigenvalue weighted by Gasteiger charge is -2.33. The van der Waals surface area contributed by atoms with Crippen LogP contribution in [0.1, 0.15) is 0 Å². The van der Waals surface area contributed by atoms with Crippen LogP contribution in [0.2, 0.25) is 0 Å². The van der Waals surface area contributed by atoms with Gasteiger partial charge in [0.15, 0.2) is 6.61 Å². The fourth-order valence-electron chi connectivity index (χ4n) is 2.50. The number of carbonyl (C=O) groups is 2. The van der Waals surface area contributed by atoms with Gasteiger partial charge < -0.3 is 19.1 Å². The number of anilines is 1. The van der Waals surface area contributed by atoms with Gasteiger partial charge >= 0.3 is 5.97 Å². The Balaban J connectivity index is 1.77. The minimum absolute atomic E-state index is 0.00896. The first-order valence-corrected chi connectivity index (χ1v) is 7.60. The molecule has 3 rings (SSSR count). The second kappa shape index (κ2) is 7.21. The fourth-order valence-corrected chi connectivity index (χ4v) is 2.50. The highest BCUT2D eigenvalue weighted by Gasteiger charge is 2.34. The molecule has 1 aliphatic heterocycles. The Morgan fingerprint density at radius 2 is 2.04 bits per heavy atom. The molecule has 0 saturated heterocycles. The molecule has 0 aliphatic carbocycles. The van der Waals surface area contributed by atoms with Crippen LogP contribution >= 0.6 is 0 Å². The van der Waals surface area contributed by atoms with Crippen molar-refractivity contribution in [3.8, 4) is 11.5 Å². The molecule has 1 amide bonds. The molecule has 7 heteroatoms. The molecule has 130 valence electrons. The maximum atomic E-state index is 13.2. The summed E-state index contributed by atoms with van der Waals surface area (Å²) in [5.74, 6) is -0.748. The van der Waals surface area contributed by atoms with Gasteiger partial charge in [0.2, 0.25) is 6.10 Å². The summed E-state index contributed by atoms with van der Waals surface area (Å²) >= 11 is 0. The Morgan fingerprint density at radius 1 is 1.24 bits per heavy atom. The number of hydrogen-bond acceptors (Lipinski definition) is 5. The summed E-state index contributed by atoms with van der Waals surface area (Å²) in [5.41, 5.74) is 0.537. The molecule has 0 aromatic heterocycles. The number of fused-ring (bicyclic) bond motifs is 1. The van der Waals surface area contributed by atoms with Gasteiger partial charge in [0.1, 0.15) is 17.3 Å². The standard InChI is InChI=1S/C18H16FNO5/c1-23-18(22)16-10-20(14-7-2-3-8-15(14)25-16)17(21)11-24-13-6-4-5-12(19)9-13/h2-9,16H,10-11H2,1H3/t16-/m0/s1. The summed E-state index contributed by atoms with van der Waals surface area (Å²) in [4.78, 5) is 25.8. The van der Waals surface area contributed by atoms with Crippen LogP contribution in [0.25, 0.3) is 0 Å². The normalized spacial score (nSPS) is 15.8. The van der Waals surface area contributed by atoms with E-state index in [2.05, 4.69) is 0 Å².